The van der Waals surface area contributed by atoms with Crippen LogP contribution in [0, 0.1) is 22.7 Å². The molecule has 0 aromatic heterocycles. The number of hydrogen-bond donors (Lipinski definition) is 1. The molecule has 0 unspecified atom stereocenters. The second-order valence-electron chi connectivity index (χ2n) is 8.01. The molecule has 0 aromatic rings. The van der Waals surface area contributed by atoms with E-state index in [4.69, 9.17) is 0 Å². The van der Waals surface area contributed by atoms with Crippen LogP contribution in [0.1, 0.15) is 79.6 Å². The SMILES string of the molecule is CC(C)CCCC1(C(=O)O)CCC(C(C)(C)C)CC1. The molecular weight excluding hydrogens is 236 g/mol. The fourth-order valence-electron chi connectivity index (χ4n) is 3.46. The largest absolute Gasteiger partial charge is 0.481 e. The Morgan fingerprint density at radius 2 is 1.79 bits per heavy atom. The molecule has 0 heterocycles. The molecule has 0 spiro atoms. The van der Waals surface area contributed by atoms with E-state index in [1.807, 2.05) is 0 Å². The monoisotopic (exact) mass is 268 g/mol. The quantitative estimate of drug-likeness (QED) is 0.751. The van der Waals surface area contributed by atoms with E-state index in [-0.39, 0.29) is 0 Å². The Kier molecular flexibility index (Phi) is 5.46. The van der Waals surface area contributed by atoms with E-state index in [9.17, 15) is 9.90 Å². The third kappa shape index (κ3) is 4.50. The first-order valence-electron chi connectivity index (χ1n) is 7.91. The first-order valence-corrected chi connectivity index (χ1v) is 7.91. The van der Waals surface area contributed by atoms with E-state index in [1.54, 1.807) is 0 Å². The summed E-state index contributed by atoms with van der Waals surface area (Å²) in [7, 11) is 0. The van der Waals surface area contributed by atoms with Gasteiger partial charge in [-0.3, -0.25) is 4.79 Å². The van der Waals surface area contributed by atoms with E-state index in [0.717, 1.165) is 44.9 Å². The molecule has 0 radical (unpaired) electrons. The predicted octanol–water partition coefficient (Wildman–Crippen LogP) is 5.12. The van der Waals surface area contributed by atoms with Crippen molar-refractivity contribution in [1.82, 2.24) is 0 Å². The molecule has 0 amide bonds. The minimum Gasteiger partial charge on any atom is -0.481 e. The van der Waals surface area contributed by atoms with Gasteiger partial charge in [0.15, 0.2) is 0 Å². The molecule has 1 aliphatic rings. The summed E-state index contributed by atoms with van der Waals surface area (Å²) in [6.45, 7) is 11.3. The van der Waals surface area contributed by atoms with Crippen LogP contribution in [-0.4, -0.2) is 11.1 Å². The van der Waals surface area contributed by atoms with E-state index < -0.39 is 11.4 Å². The highest BCUT2D eigenvalue weighted by atomic mass is 16.4. The molecule has 0 bridgehead atoms. The van der Waals surface area contributed by atoms with Crippen molar-refractivity contribution in [2.24, 2.45) is 22.7 Å². The number of carboxylic acids is 1. The standard InChI is InChI=1S/C17H32O2/c1-13(2)7-6-10-17(15(18)19)11-8-14(9-12-17)16(3,4)5/h13-14H,6-12H2,1-5H3,(H,18,19). The van der Waals surface area contributed by atoms with E-state index in [1.165, 1.54) is 0 Å². The van der Waals surface area contributed by atoms with Gasteiger partial charge in [-0.1, -0.05) is 47.5 Å². The molecule has 112 valence electrons. The van der Waals surface area contributed by atoms with Crippen molar-refractivity contribution in [2.75, 3.05) is 0 Å². The van der Waals surface area contributed by atoms with Gasteiger partial charge in [0.2, 0.25) is 0 Å². The first-order chi connectivity index (χ1) is 8.67. The van der Waals surface area contributed by atoms with Crippen LogP contribution in [-0.2, 0) is 4.79 Å². The van der Waals surface area contributed by atoms with Gasteiger partial charge in [-0.25, -0.2) is 0 Å². The average Bonchev–Trinajstić information content (AvgIpc) is 2.27. The Morgan fingerprint density at radius 1 is 1.26 bits per heavy atom. The maximum atomic E-state index is 11.7. The van der Waals surface area contributed by atoms with Crippen LogP contribution in [0.4, 0.5) is 0 Å². The summed E-state index contributed by atoms with van der Waals surface area (Å²) >= 11 is 0. The summed E-state index contributed by atoms with van der Waals surface area (Å²) in [6.07, 6.45) is 7.00. The summed E-state index contributed by atoms with van der Waals surface area (Å²) in [5.41, 5.74) is -0.0980. The number of aliphatic carboxylic acids is 1. The van der Waals surface area contributed by atoms with Crippen molar-refractivity contribution in [2.45, 2.75) is 79.6 Å². The van der Waals surface area contributed by atoms with Crippen molar-refractivity contribution in [1.29, 1.82) is 0 Å². The van der Waals surface area contributed by atoms with Gasteiger partial charge in [0.25, 0.3) is 0 Å². The number of carboxylic acid groups (broad SMARTS) is 1. The minimum atomic E-state index is -0.552. The Bertz CT molecular complexity index is 291. The van der Waals surface area contributed by atoms with Crippen molar-refractivity contribution >= 4 is 5.97 Å². The van der Waals surface area contributed by atoms with Crippen LogP contribution in [0.15, 0.2) is 0 Å². The topological polar surface area (TPSA) is 37.3 Å². The van der Waals surface area contributed by atoms with Crippen molar-refractivity contribution < 1.29 is 9.90 Å². The molecular formula is C17H32O2. The lowest BCUT2D eigenvalue weighted by atomic mass is 9.62. The summed E-state index contributed by atoms with van der Waals surface area (Å²) in [4.78, 5) is 11.7. The molecule has 19 heavy (non-hydrogen) atoms. The highest BCUT2D eigenvalue weighted by Gasteiger charge is 2.43. The Labute approximate surface area is 119 Å². The minimum absolute atomic E-state index is 0.322. The maximum Gasteiger partial charge on any atom is 0.309 e. The Balaban J connectivity index is 2.59. The summed E-state index contributed by atoms with van der Waals surface area (Å²) in [5, 5.41) is 9.64. The molecule has 1 aliphatic carbocycles. The van der Waals surface area contributed by atoms with E-state index >= 15 is 0 Å². The van der Waals surface area contributed by atoms with Crippen LogP contribution < -0.4 is 0 Å². The van der Waals surface area contributed by atoms with Gasteiger partial charge < -0.3 is 5.11 Å². The predicted molar refractivity (Wildman–Crippen MR) is 80.2 cm³/mol. The van der Waals surface area contributed by atoms with Crippen molar-refractivity contribution in [3.63, 3.8) is 0 Å². The Morgan fingerprint density at radius 3 is 2.16 bits per heavy atom. The van der Waals surface area contributed by atoms with Gasteiger partial charge in [0.1, 0.15) is 0 Å². The van der Waals surface area contributed by atoms with Crippen LogP contribution in [0.2, 0.25) is 0 Å². The molecule has 0 saturated heterocycles. The number of rotatable bonds is 5. The van der Waals surface area contributed by atoms with Gasteiger partial charge in [-0.15, -0.1) is 0 Å². The first kappa shape index (κ1) is 16.5. The third-order valence-electron chi connectivity index (χ3n) is 5.06. The average molecular weight is 268 g/mol. The highest BCUT2D eigenvalue weighted by molar-refractivity contribution is 5.74. The van der Waals surface area contributed by atoms with Gasteiger partial charge in [0.05, 0.1) is 5.41 Å². The molecule has 0 atom stereocenters. The van der Waals surface area contributed by atoms with Crippen molar-refractivity contribution in [3.05, 3.63) is 0 Å². The van der Waals surface area contributed by atoms with E-state index in [2.05, 4.69) is 34.6 Å². The summed E-state index contributed by atoms with van der Waals surface area (Å²) < 4.78 is 0. The van der Waals surface area contributed by atoms with E-state index in [0.29, 0.717) is 17.3 Å². The molecule has 1 rings (SSSR count). The lowest BCUT2D eigenvalue weighted by molar-refractivity contribution is -0.153. The lowest BCUT2D eigenvalue weighted by Crippen LogP contribution is -2.38. The summed E-state index contributed by atoms with van der Waals surface area (Å²) in [6, 6.07) is 0. The van der Waals surface area contributed by atoms with Gasteiger partial charge in [0, 0.05) is 0 Å². The molecule has 1 saturated carbocycles. The van der Waals surface area contributed by atoms with Gasteiger partial charge in [-0.05, 0) is 49.4 Å². The fraction of sp³-hybridized carbons (Fsp3) is 0.941. The van der Waals surface area contributed by atoms with Gasteiger partial charge >= 0.3 is 5.97 Å². The Hall–Kier alpha value is -0.530. The fourth-order valence-corrected chi connectivity index (χ4v) is 3.46. The molecule has 0 aromatic carbocycles. The van der Waals surface area contributed by atoms with Crippen LogP contribution in [0.5, 0.6) is 0 Å². The van der Waals surface area contributed by atoms with Crippen molar-refractivity contribution in [3.8, 4) is 0 Å². The third-order valence-corrected chi connectivity index (χ3v) is 5.06. The second kappa shape index (κ2) is 6.28. The number of carbonyl (C=O) groups is 1. The zero-order valence-corrected chi connectivity index (χ0v) is 13.5. The zero-order chi connectivity index (χ0) is 14.7. The summed E-state index contributed by atoms with van der Waals surface area (Å²) in [5.74, 6) is 0.811. The smallest absolute Gasteiger partial charge is 0.309 e. The molecule has 2 nitrogen and oxygen atoms in total. The molecule has 1 N–H and O–H groups in total. The molecule has 1 fully saturated rings. The maximum absolute atomic E-state index is 11.7. The van der Waals surface area contributed by atoms with Crippen LogP contribution >= 0.6 is 0 Å². The molecule has 2 heteroatoms. The normalized spacial score (nSPS) is 28.6. The lowest BCUT2D eigenvalue weighted by Gasteiger charge is -2.42. The highest BCUT2D eigenvalue weighted by Crippen LogP contribution is 2.47. The van der Waals surface area contributed by atoms with Crippen LogP contribution in [0.3, 0.4) is 0 Å². The van der Waals surface area contributed by atoms with Gasteiger partial charge in [-0.2, -0.15) is 0 Å². The van der Waals surface area contributed by atoms with Crippen LogP contribution in [0.25, 0.3) is 0 Å². The zero-order valence-electron chi connectivity index (χ0n) is 13.5. The number of hydrogen-bond acceptors (Lipinski definition) is 1. The second-order valence-corrected chi connectivity index (χ2v) is 8.01. The molecule has 0 aliphatic heterocycles.